The molecule has 3 aromatic carbocycles. The number of hydrogen-bond acceptors (Lipinski definition) is 5. The minimum absolute atomic E-state index is 0.0787. The smallest absolute Gasteiger partial charge is 0.264 e. The molecule has 1 aliphatic carbocycles. The number of carbonyl (C=O) groups is 2. The molecular formula is C32H39N3O5S. The highest BCUT2D eigenvalue weighted by Crippen LogP contribution is 2.25. The average Bonchev–Trinajstić information content (AvgIpc) is 2.99. The van der Waals surface area contributed by atoms with Crippen LogP contribution in [0.2, 0.25) is 0 Å². The van der Waals surface area contributed by atoms with Crippen molar-refractivity contribution >= 4 is 27.5 Å². The number of nitrogens with one attached hydrogen (secondary N) is 1. The number of carbonyl (C=O) groups excluding carboxylic acids is 2. The van der Waals surface area contributed by atoms with Crippen molar-refractivity contribution in [2.24, 2.45) is 0 Å². The zero-order valence-corrected chi connectivity index (χ0v) is 24.8. The zero-order valence-electron chi connectivity index (χ0n) is 24.0. The Morgan fingerprint density at radius 3 is 2.29 bits per heavy atom. The molecule has 0 aromatic heterocycles. The molecule has 0 spiro atoms. The SMILES string of the molecule is COc1cccc(CN(C(=O)CN(c2ccc(C)cc2)S(=O)(=O)c2ccccc2)[C@H](C)C(=O)NC2CCCCC2)c1. The highest BCUT2D eigenvalue weighted by atomic mass is 32.2. The van der Waals surface area contributed by atoms with Gasteiger partial charge >= 0.3 is 0 Å². The van der Waals surface area contributed by atoms with Crippen molar-refractivity contribution in [1.29, 1.82) is 0 Å². The summed E-state index contributed by atoms with van der Waals surface area (Å²) in [6, 6.07) is 21.6. The Hall–Kier alpha value is -3.85. The summed E-state index contributed by atoms with van der Waals surface area (Å²) in [5.41, 5.74) is 2.10. The molecule has 0 bridgehead atoms. The first kappa shape index (κ1) is 30.1. The molecule has 3 aromatic rings. The van der Waals surface area contributed by atoms with E-state index in [-0.39, 0.29) is 23.4 Å². The first-order valence-corrected chi connectivity index (χ1v) is 15.5. The number of hydrogen-bond donors (Lipinski definition) is 1. The third kappa shape index (κ3) is 7.67. The first-order valence-electron chi connectivity index (χ1n) is 14.1. The Morgan fingerprint density at radius 2 is 1.63 bits per heavy atom. The molecule has 0 saturated heterocycles. The molecule has 0 heterocycles. The van der Waals surface area contributed by atoms with Crippen LogP contribution < -0.4 is 14.4 Å². The van der Waals surface area contributed by atoms with Crippen molar-refractivity contribution < 1.29 is 22.7 Å². The van der Waals surface area contributed by atoms with Crippen molar-refractivity contribution in [3.63, 3.8) is 0 Å². The lowest BCUT2D eigenvalue weighted by Crippen LogP contribution is -2.53. The van der Waals surface area contributed by atoms with E-state index in [1.54, 1.807) is 50.4 Å². The molecular weight excluding hydrogens is 538 g/mol. The van der Waals surface area contributed by atoms with Gasteiger partial charge in [-0.25, -0.2) is 8.42 Å². The van der Waals surface area contributed by atoms with Crippen molar-refractivity contribution in [1.82, 2.24) is 10.2 Å². The van der Waals surface area contributed by atoms with Crippen LogP contribution in [0.4, 0.5) is 5.69 Å². The van der Waals surface area contributed by atoms with E-state index in [1.165, 1.54) is 17.0 Å². The van der Waals surface area contributed by atoms with Gasteiger partial charge in [0.25, 0.3) is 10.0 Å². The summed E-state index contributed by atoms with van der Waals surface area (Å²) in [7, 11) is -2.52. The normalized spacial score (nSPS) is 14.6. The maximum Gasteiger partial charge on any atom is 0.264 e. The number of anilines is 1. The van der Waals surface area contributed by atoms with Crippen molar-refractivity contribution in [2.75, 3.05) is 18.0 Å². The quantitative estimate of drug-likeness (QED) is 0.344. The van der Waals surface area contributed by atoms with Gasteiger partial charge in [0, 0.05) is 12.6 Å². The summed E-state index contributed by atoms with van der Waals surface area (Å²) in [5.74, 6) is -0.109. The molecule has 0 unspecified atom stereocenters. The number of ether oxygens (including phenoxy) is 1. The molecule has 1 fully saturated rings. The predicted octanol–water partition coefficient (Wildman–Crippen LogP) is 5.07. The minimum atomic E-state index is -4.08. The topological polar surface area (TPSA) is 96.0 Å². The molecule has 1 N–H and O–H groups in total. The van der Waals surface area contributed by atoms with Crippen LogP contribution in [0, 0.1) is 6.92 Å². The highest BCUT2D eigenvalue weighted by Gasteiger charge is 2.33. The Bertz CT molecular complexity index is 1420. The van der Waals surface area contributed by atoms with Crippen LogP contribution in [0.15, 0.2) is 83.8 Å². The van der Waals surface area contributed by atoms with E-state index in [9.17, 15) is 18.0 Å². The van der Waals surface area contributed by atoms with Crippen molar-refractivity contribution in [3.05, 3.63) is 90.0 Å². The van der Waals surface area contributed by atoms with E-state index < -0.39 is 28.5 Å². The summed E-state index contributed by atoms with van der Waals surface area (Å²) in [4.78, 5) is 29.0. The second-order valence-electron chi connectivity index (χ2n) is 10.6. The van der Waals surface area contributed by atoms with Crippen LogP contribution in [0.5, 0.6) is 5.75 Å². The summed E-state index contributed by atoms with van der Waals surface area (Å²) in [6.45, 7) is 3.25. The highest BCUT2D eigenvalue weighted by molar-refractivity contribution is 7.92. The van der Waals surface area contributed by atoms with E-state index in [2.05, 4.69) is 5.32 Å². The number of nitrogens with zero attached hydrogens (tertiary/aromatic N) is 2. The fraction of sp³-hybridized carbons (Fsp3) is 0.375. The Kier molecular flexibility index (Phi) is 10.0. The van der Waals surface area contributed by atoms with E-state index in [0.29, 0.717) is 11.4 Å². The van der Waals surface area contributed by atoms with Gasteiger partial charge < -0.3 is 15.0 Å². The van der Waals surface area contributed by atoms with Gasteiger partial charge in [-0.2, -0.15) is 0 Å². The number of amides is 2. The van der Waals surface area contributed by atoms with Crippen molar-refractivity contribution in [3.8, 4) is 5.75 Å². The summed E-state index contributed by atoms with van der Waals surface area (Å²) in [6.07, 6.45) is 5.12. The van der Waals surface area contributed by atoms with Crippen LogP contribution in [-0.4, -0.2) is 50.9 Å². The molecule has 2 amide bonds. The van der Waals surface area contributed by atoms with Gasteiger partial charge in [-0.05, 0) is 68.7 Å². The molecule has 0 aliphatic heterocycles. The molecule has 41 heavy (non-hydrogen) atoms. The lowest BCUT2D eigenvalue weighted by atomic mass is 9.95. The fourth-order valence-corrected chi connectivity index (χ4v) is 6.51. The van der Waals surface area contributed by atoms with Gasteiger partial charge in [-0.15, -0.1) is 0 Å². The van der Waals surface area contributed by atoms with Crippen LogP contribution in [0.3, 0.4) is 0 Å². The van der Waals surface area contributed by atoms with Gasteiger partial charge in [0.15, 0.2) is 0 Å². The Balaban J connectivity index is 1.67. The van der Waals surface area contributed by atoms with Gasteiger partial charge in [0.1, 0.15) is 18.3 Å². The summed E-state index contributed by atoms with van der Waals surface area (Å²) >= 11 is 0. The molecule has 4 rings (SSSR count). The lowest BCUT2D eigenvalue weighted by Gasteiger charge is -2.33. The second-order valence-corrected chi connectivity index (χ2v) is 12.4. The van der Waals surface area contributed by atoms with Gasteiger partial charge in [-0.1, -0.05) is 67.3 Å². The van der Waals surface area contributed by atoms with Gasteiger partial charge in [0.2, 0.25) is 11.8 Å². The number of rotatable bonds is 11. The Labute approximate surface area is 243 Å². The maximum atomic E-state index is 14.1. The molecule has 1 aliphatic rings. The molecule has 0 radical (unpaired) electrons. The first-order chi connectivity index (χ1) is 19.7. The molecule has 1 saturated carbocycles. The van der Waals surface area contributed by atoms with E-state index >= 15 is 0 Å². The molecule has 1 atom stereocenters. The standard InChI is InChI=1S/C32H39N3O5S/c1-24-17-19-28(20-18-24)35(41(38,39)30-15-8-5-9-16-30)23-31(36)34(22-26-11-10-14-29(21-26)40-3)25(2)32(37)33-27-12-6-4-7-13-27/h5,8-11,14-21,25,27H,4,6-7,12-13,22-23H2,1-3H3,(H,33,37)/t25-/m1/s1. The number of methoxy groups -OCH3 is 1. The maximum absolute atomic E-state index is 14.1. The largest absolute Gasteiger partial charge is 0.497 e. The predicted molar refractivity (Wildman–Crippen MR) is 160 cm³/mol. The third-order valence-electron chi connectivity index (χ3n) is 7.54. The molecule has 218 valence electrons. The van der Waals surface area contributed by atoms with Gasteiger partial charge in [0.05, 0.1) is 17.7 Å². The van der Waals surface area contributed by atoms with Gasteiger partial charge in [-0.3, -0.25) is 13.9 Å². The third-order valence-corrected chi connectivity index (χ3v) is 9.33. The van der Waals surface area contributed by atoms with Crippen LogP contribution in [0.1, 0.15) is 50.2 Å². The zero-order chi connectivity index (χ0) is 29.4. The fourth-order valence-electron chi connectivity index (χ4n) is 5.08. The number of sulfonamides is 1. The minimum Gasteiger partial charge on any atom is -0.497 e. The number of aryl methyl sites for hydroxylation is 1. The summed E-state index contributed by atoms with van der Waals surface area (Å²) < 4.78 is 34.2. The van der Waals surface area contributed by atoms with Crippen LogP contribution in [0.25, 0.3) is 0 Å². The monoisotopic (exact) mass is 577 g/mol. The van der Waals surface area contributed by atoms with Crippen LogP contribution in [-0.2, 0) is 26.2 Å². The molecule has 9 heteroatoms. The number of benzene rings is 3. The van der Waals surface area contributed by atoms with E-state index in [4.69, 9.17) is 4.74 Å². The lowest BCUT2D eigenvalue weighted by molar-refractivity contribution is -0.139. The summed E-state index contributed by atoms with van der Waals surface area (Å²) in [5, 5.41) is 3.12. The second kappa shape index (κ2) is 13.7. The average molecular weight is 578 g/mol. The molecule has 8 nitrogen and oxygen atoms in total. The Morgan fingerprint density at radius 1 is 0.951 bits per heavy atom. The van der Waals surface area contributed by atoms with Crippen molar-refractivity contribution in [2.45, 2.75) is 69.5 Å². The van der Waals surface area contributed by atoms with E-state index in [0.717, 1.165) is 47.5 Å². The van der Waals surface area contributed by atoms with E-state index in [1.807, 2.05) is 37.3 Å². The van der Waals surface area contributed by atoms with Crippen LogP contribution >= 0.6 is 0 Å².